The van der Waals surface area contributed by atoms with E-state index in [1.54, 1.807) is 28.2 Å². The lowest BCUT2D eigenvalue weighted by molar-refractivity contribution is -0.129. The minimum Gasteiger partial charge on any atom is -0.467 e. The maximum absolute atomic E-state index is 13.2. The number of furan rings is 1. The van der Waals surface area contributed by atoms with E-state index in [4.69, 9.17) is 4.42 Å². The molecule has 2 aromatic heterocycles. The van der Waals surface area contributed by atoms with E-state index in [2.05, 4.69) is 11.6 Å². The fourth-order valence-corrected chi connectivity index (χ4v) is 4.27. The SMILES string of the molecule is C=CCN(C(=O)C1CC(=O)N(Cc2ccco2)C1)c1nc(-c2ccccc2)cs1. The second kappa shape index (κ2) is 8.45. The molecule has 1 atom stereocenters. The second-order valence-corrected chi connectivity index (χ2v) is 7.71. The van der Waals surface area contributed by atoms with E-state index in [1.807, 2.05) is 41.8 Å². The van der Waals surface area contributed by atoms with Gasteiger partial charge in [0.05, 0.1) is 24.4 Å². The van der Waals surface area contributed by atoms with E-state index >= 15 is 0 Å². The molecule has 29 heavy (non-hydrogen) atoms. The Morgan fingerprint density at radius 1 is 1.31 bits per heavy atom. The zero-order chi connectivity index (χ0) is 20.2. The van der Waals surface area contributed by atoms with Gasteiger partial charge in [0, 0.05) is 30.5 Å². The van der Waals surface area contributed by atoms with Crippen LogP contribution in [0.5, 0.6) is 0 Å². The molecule has 2 amide bonds. The van der Waals surface area contributed by atoms with Crippen molar-refractivity contribution in [1.82, 2.24) is 9.88 Å². The third-order valence-electron chi connectivity index (χ3n) is 4.86. The summed E-state index contributed by atoms with van der Waals surface area (Å²) in [6.07, 6.45) is 3.46. The van der Waals surface area contributed by atoms with Crippen LogP contribution in [-0.2, 0) is 16.1 Å². The molecule has 3 heterocycles. The van der Waals surface area contributed by atoms with Crippen LogP contribution in [0.15, 0.2) is 71.2 Å². The Hall–Kier alpha value is -3.19. The number of likely N-dealkylation sites (tertiary alicyclic amines) is 1. The Balaban J connectivity index is 1.50. The van der Waals surface area contributed by atoms with Crippen LogP contribution in [0.3, 0.4) is 0 Å². The summed E-state index contributed by atoms with van der Waals surface area (Å²) in [4.78, 5) is 33.6. The number of amides is 2. The van der Waals surface area contributed by atoms with Crippen LogP contribution in [0.25, 0.3) is 11.3 Å². The predicted octanol–water partition coefficient (Wildman–Crippen LogP) is 3.97. The van der Waals surface area contributed by atoms with Crippen LogP contribution < -0.4 is 4.90 Å². The minimum absolute atomic E-state index is 0.0394. The third kappa shape index (κ3) is 4.14. The standard InChI is InChI=1S/C22H21N3O3S/c1-2-10-25(22-23-19(15-29-22)16-7-4-3-5-8-16)21(27)17-12-20(26)24(13-17)14-18-9-6-11-28-18/h2-9,11,15,17H,1,10,12-14H2. The van der Waals surface area contributed by atoms with Crippen LogP contribution in [0, 0.1) is 5.92 Å². The highest BCUT2D eigenvalue weighted by Gasteiger charge is 2.37. The van der Waals surface area contributed by atoms with Gasteiger partial charge in [-0.05, 0) is 12.1 Å². The molecule has 0 saturated carbocycles. The zero-order valence-corrected chi connectivity index (χ0v) is 16.7. The number of carbonyl (C=O) groups is 2. The molecule has 148 valence electrons. The number of rotatable bonds is 7. The van der Waals surface area contributed by atoms with Crippen molar-refractivity contribution in [2.45, 2.75) is 13.0 Å². The fourth-order valence-electron chi connectivity index (χ4n) is 3.42. The summed E-state index contributed by atoms with van der Waals surface area (Å²) in [6.45, 7) is 4.88. The largest absolute Gasteiger partial charge is 0.467 e. The maximum Gasteiger partial charge on any atom is 0.234 e. The smallest absolute Gasteiger partial charge is 0.234 e. The maximum atomic E-state index is 13.2. The van der Waals surface area contributed by atoms with Gasteiger partial charge in [0.2, 0.25) is 11.8 Å². The van der Waals surface area contributed by atoms with Crippen LogP contribution >= 0.6 is 11.3 Å². The molecule has 1 aliphatic heterocycles. The number of anilines is 1. The van der Waals surface area contributed by atoms with Crippen LogP contribution in [0.2, 0.25) is 0 Å². The monoisotopic (exact) mass is 407 g/mol. The van der Waals surface area contributed by atoms with Crippen molar-refractivity contribution in [3.63, 3.8) is 0 Å². The molecule has 0 aliphatic carbocycles. The van der Waals surface area contributed by atoms with E-state index in [0.29, 0.717) is 30.5 Å². The van der Waals surface area contributed by atoms with Crippen molar-refractivity contribution >= 4 is 28.3 Å². The molecule has 1 aromatic carbocycles. The van der Waals surface area contributed by atoms with Crippen molar-refractivity contribution in [2.24, 2.45) is 5.92 Å². The Morgan fingerprint density at radius 3 is 2.86 bits per heavy atom. The van der Waals surface area contributed by atoms with Gasteiger partial charge in [0.1, 0.15) is 5.76 Å². The number of aromatic nitrogens is 1. The molecule has 0 N–H and O–H groups in total. The van der Waals surface area contributed by atoms with Gasteiger partial charge in [0.15, 0.2) is 5.13 Å². The van der Waals surface area contributed by atoms with Gasteiger partial charge in [0.25, 0.3) is 0 Å². The van der Waals surface area contributed by atoms with E-state index in [1.165, 1.54) is 11.3 Å². The number of carbonyl (C=O) groups excluding carboxylic acids is 2. The summed E-state index contributed by atoms with van der Waals surface area (Å²) < 4.78 is 5.33. The van der Waals surface area contributed by atoms with Crippen molar-refractivity contribution in [3.05, 3.63) is 72.5 Å². The van der Waals surface area contributed by atoms with Gasteiger partial charge >= 0.3 is 0 Å². The Labute approximate surface area is 173 Å². The first-order valence-electron chi connectivity index (χ1n) is 9.39. The molecule has 0 bridgehead atoms. The highest BCUT2D eigenvalue weighted by molar-refractivity contribution is 7.14. The molecule has 7 heteroatoms. The average molecular weight is 407 g/mol. The number of nitrogens with zero attached hydrogens (tertiary/aromatic N) is 3. The highest BCUT2D eigenvalue weighted by Crippen LogP contribution is 2.30. The van der Waals surface area contributed by atoms with Crippen LogP contribution in [-0.4, -0.2) is 34.8 Å². The van der Waals surface area contributed by atoms with E-state index in [9.17, 15) is 9.59 Å². The molecule has 1 unspecified atom stereocenters. The van der Waals surface area contributed by atoms with Gasteiger partial charge in [-0.25, -0.2) is 4.98 Å². The topological polar surface area (TPSA) is 66.7 Å². The van der Waals surface area contributed by atoms with E-state index < -0.39 is 5.92 Å². The first-order valence-corrected chi connectivity index (χ1v) is 10.3. The summed E-state index contributed by atoms with van der Waals surface area (Å²) in [5.41, 5.74) is 1.83. The molecule has 0 spiro atoms. The van der Waals surface area contributed by atoms with Crippen molar-refractivity contribution in [2.75, 3.05) is 18.0 Å². The summed E-state index contributed by atoms with van der Waals surface area (Å²) >= 11 is 1.42. The summed E-state index contributed by atoms with van der Waals surface area (Å²) in [6, 6.07) is 13.5. The van der Waals surface area contributed by atoms with Gasteiger partial charge in [-0.15, -0.1) is 17.9 Å². The molecule has 3 aromatic rings. The second-order valence-electron chi connectivity index (χ2n) is 6.87. The quantitative estimate of drug-likeness (QED) is 0.556. The molecular formula is C22H21N3O3S. The fraction of sp³-hybridized carbons (Fsp3) is 0.227. The Bertz CT molecular complexity index is 998. The summed E-state index contributed by atoms with van der Waals surface area (Å²) in [5, 5.41) is 2.56. The minimum atomic E-state index is -0.401. The van der Waals surface area contributed by atoms with Gasteiger partial charge in [-0.1, -0.05) is 36.4 Å². The Morgan fingerprint density at radius 2 is 2.14 bits per heavy atom. The third-order valence-corrected chi connectivity index (χ3v) is 5.72. The lowest BCUT2D eigenvalue weighted by Gasteiger charge is -2.22. The zero-order valence-electron chi connectivity index (χ0n) is 15.9. The number of thiazole rings is 1. The summed E-state index contributed by atoms with van der Waals surface area (Å²) in [7, 11) is 0. The van der Waals surface area contributed by atoms with Crippen LogP contribution in [0.1, 0.15) is 12.2 Å². The van der Waals surface area contributed by atoms with Crippen molar-refractivity contribution in [1.29, 1.82) is 0 Å². The molecule has 0 radical (unpaired) electrons. The molecule has 6 nitrogen and oxygen atoms in total. The van der Waals surface area contributed by atoms with Crippen molar-refractivity contribution < 1.29 is 14.0 Å². The average Bonchev–Trinajstić information content (AvgIpc) is 3.49. The van der Waals surface area contributed by atoms with E-state index in [-0.39, 0.29) is 18.2 Å². The molecule has 1 fully saturated rings. The van der Waals surface area contributed by atoms with E-state index in [0.717, 1.165) is 11.3 Å². The summed E-state index contributed by atoms with van der Waals surface area (Å²) in [5.74, 6) is 0.167. The van der Waals surface area contributed by atoms with Gasteiger partial charge in [-0.2, -0.15) is 0 Å². The van der Waals surface area contributed by atoms with Crippen molar-refractivity contribution in [3.8, 4) is 11.3 Å². The molecule has 4 rings (SSSR count). The molecule has 1 aliphatic rings. The highest BCUT2D eigenvalue weighted by atomic mass is 32.1. The lowest BCUT2D eigenvalue weighted by Crippen LogP contribution is -2.37. The Kier molecular flexibility index (Phi) is 5.57. The van der Waals surface area contributed by atoms with Crippen LogP contribution in [0.4, 0.5) is 5.13 Å². The van der Waals surface area contributed by atoms with Gasteiger partial charge < -0.3 is 9.32 Å². The normalized spacial score (nSPS) is 16.2. The first kappa shape index (κ1) is 19.1. The number of benzene rings is 1. The molecule has 1 saturated heterocycles. The first-order chi connectivity index (χ1) is 14.2. The van der Waals surface area contributed by atoms with Gasteiger partial charge in [-0.3, -0.25) is 14.5 Å². The molecular weight excluding hydrogens is 386 g/mol. The lowest BCUT2D eigenvalue weighted by atomic mass is 10.1. The number of hydrogen-bond donors (Lipinski definition) is 0. The predicted molar refractivity (Wildman–Crippen MR) is 112 cm³/mol. The number of hydrogen-bond acceptors (Lipinski definition) is 5.